The first kappa shape index (κ1) is 17.7. The molecule has 4 heteroatoms. The van der Waals surface area contributed by atoms with Crippen molar-refractivity contribution in [1.82, 2.24) is 9.97 Å². The van der Waals surface area contributed by atoms with Gasteiger partial charge in [-0.1, -0.05) is 41.0 Å². The van der Waals surface area contributed by atoms with Crippen molar-refractivity contribution in [3.8, 4) is 0 Å². The van der Waals surface area contributed by atoms with E-state index in [1.807, 2.05) is 7.05 Å². The summed E-state index contributed by atoms with van der Waals surface area (Å²) in [7, 11) is 1.91. The molecule has 1 atom stereocenters. The summed E-state index contributed by atoms with van der Waals surface area (Å²) in [6.45, 7) is 14.3. The second-order valence-corrected chi connectivity index (χ2v) is 6.74. The summed E-state index contributed by atoms with van der Waals surface area (Å²) in [5.74, 6) is 2.84. The van der Waals surface area contributed by atoms with Crippen molar-refractivity contribution in [2.24, 2.45) is 0 Å². The molecule has 1 heterocycles. The number of hydrogen-bond acceptors (Lipinski definition) is 4. The SMILES string of the molecule is CCCCN(c1cc(NC)nc(C(C)(C)C)n1)C(C)CC. The summed E-state index contributed by atoms with van der Waals surface area (Å²) in [6, 6.07) is 2.56. The van der Waals surface area contributed by atoms with Crippen molar-refractivity contribution in [2.45, 2.75) is 72.3 Å². The number of anilines is 2. The van der Waals surface area contributed by atoms with Gasteiger partial charge in [0.15, 0.2) is 0 Å². The fourth-order valence-electron chi connectivity index (χ4n) is 2.15. The Morgan fingerprint density at radius 1 is 1.24 bits per heavy atom. The Morgan fingerprint density at radius 3 is 2.38 bits per heavy atom. The molecule has 0 aromatic carbocycles. The third kappa shape index (κ3) is 4.87. The van der Waals surface area contributed by atoms with Crippen molar-refractivity contribution in [2.75, 3.05) is 23.8 Å². The van der Waals surface area contributed by atoms with E-state index in [0.717, 1.165) is 30.4 Å². The Morgan fingerprint density at radius 2 is 1.90 bits per heavy atom. The normalized spacial score (nSPS) is 13.1. The predicted molar refractivity (Wildman–Crippen MR) is 92.3 cm³/mol. The molecule has 21 heavy (non-hydrogen) atoms. The molecule has 0 saturated carbocycles. The first-order valence-electron chi connectivity index (χ1n) is 8.17. The number of hydrogen-bond donors (Lipinski definition) is 1. The van der Waals surface area contributed by atoms with E-state index in [0.29, 0.717) is 6.04 Å². The molecule has 1 aromatic rings. The molecule has 0 fully saturated rings. The van der Waals surface area contributed by atoms with E-state index < -0.39 is 0 Å². The van der Waals surface area contributed by atoms with Gasteiger partial charge < -0.3 is 10.2 Å². The van der Waals surface area contributed by atoms with E-state index in [-0.39, 0.29) is 5.41 Å². The average Bonchev–Trinajstić information content (AvgIpc) is 2.46. The summed E-state index contributed by atoms with van der Waals surface area (Å²) < 4.78 is 0. The molecule has 1 aromatic heterocycles. The predicted octanol–water partition coefficient (Wildman–Crippen LogP) is 4.22. The van der Waals surface area contributed by atoms with Crippen LogP contribution in [0.1, 0.15) is 66.6 Å². The highest BCUT2D eigenvalue weighted by molar-refractivity contribution is 5.50. The summed E-state index contributed by atoms with van der Waals surface area (Å²) >= 11 is 0. The standard InChI is InChI=1S/C17H32N4/c1-8-10-11-21(13(3)9-2)15-12-14(18-7)19-16(20-15)17(4,5)6/h12-13H,8-11H2,1-7H3,(H,18,19,20). The topological polar surface area (TPSA) is 41.0 Å². The molecular weight excluding hydrogens is 260 g/mol. The molecule has 120 valence electrons. The largest absolute Gasteiger partial charge is 0.373 e. The second kappa shape index (κ2) is 7.62. The minimum Gasteiger partial charge on any atom is -0.373 e. The number of aromatic nitrogens is 2. The van der Waals surface area contributed by atoms with Gasteiger partial charge in [-0.15, -0.1) is 0 Å². The smallest absolute Gasteiger partial charge is 0.138 e. The third-order valence-corrected chi connectivity index (χ3v) is 3.81. The molecule has 4 nitrogen and oxygen atoms in total. The van der Waals surface area contributed by atoms with Crippen molar-refractivity contribution in [1.29, 1.82) is 0 Å². The van der Waals surface area contributed by atoms with Crippen LogP contribution in [0.3, 0.4) is 0 Å². The van der Waals surface area contributed by atoms with Crippen LogP contribution in [0, 0.1) is 0 Å². The van der Waals surface area contributed by atoms with Gasteiger partial charge >= 0.3 is 0 Å². The van der Waals surface area contributed by atoms with Gasteiger partial charge in [-0.05, 0) is 19.8 Å². The number of nitrogens with zero attached hydrogens (tertiary/aromatic N) is 3. The highest BCUT2D eigenvalue weighted by Gasteiger charge is 2.22. The zero-order valence-corrected chi connectivity index (χ0v) is 14.8. The minimum absolute atomic E-state index is 0.0481. The average molecular weight is 292 g/mol. The molecule has 0 spiro atoms. The number of nitrogens with one attached hydrogen (secondary N) is 1. The van der Waals surface area contributed by atoms with E-state index in [1.165, 1.54) is 12.8 Å². The maximum atomic E-state index is 4.85. The van der Waals surface area contributed by atoms with Crippen LogP contribution < -0.4 is 10.2 Å². The first-order valence-corrected chi connectivity index (χ1v) is 8.17. The zero-order valence-electron chi connectivity index (χ0n) is 14.8. The van der Waals surface area contributed by atoms with Crippen LogP contribution in [0.25, 0.3) is 0 Å². The van der Waals surface area contributed by atoms with E-state index in [9.17, 15) is 0 Å². The van der Waals surface area contributed by atoms with Crippen LogP contribution in [0.2, 0.25) is 0 Å². The lowest BCUT2D eigenvalue weighted by atomic mass is 9.95. The molecule has 0 radical (unpaired) electrons. The molecule has 0 bridgehead atoms. The van der Waals surface area contributed by atoms with Gasteiger partial charge in [-0.2, -0.15) is 0 Å². The molecule has 0 saturated heterocycles. The molecule has 1 N–H and O–H groups in total. The van der Waals surface area contributed by atoms with Gasteiger partial charge in [0.2, 0.25) is 0 Å². The lowest BCUT2D eigenvalue weighted by Crippen LogP contribution is -2.35. The van der Waals surface area contributed by atoms with Crippen molar-refractivity contribution < 1.29 is 0 Å². The third-order valence-electron chi connectivity index (χ3n) is 3.81. The van der Waals surface area contributed by atoms with E-state index in [2.05, 4.69) is 62.8 Å². The summed E-state index contributed by atoms with van der Waals surface area (Å²) in [6.07, 6.45) is 3.50. The summed E-state index contributed by atoms with van der Waals surface area (Å²) in [5, 5.41) is 3.17. The van der Waals surface area contributed by atoms with Crippen LogP contribution in [0.4, 0.5) is 11.6 Å². The molecule has 0 aliphatic carbocycles. The van der Waals surface area contributed by atoms with E-state index >= 15 is 0 Å². The van der Waals surface area contributed by atoms with Gasteiger partial charge in [0.1, 0.15) is 17.5 Å². The molecule has 0 aliphatic rings. The molecule has 0 amide bonds. The van der Waals surface area contributed by atoms with Gasteiger partial charge in [0.05, 0.1) is 0 Å². The molecule has 1 rings (SSSR count). The second-order valence-electron chi connectivity index (χ2n) is 6.74. The Labute approximate surface area is 130 Å². The van der Waals surface area contributed by atoms with Crippen molar-refractivity contribution in [3.05, 3.63) is 11.9 Å². The Kier molecular flexibility index (Phi) is 6.43. The molecule has 0 aliphatic heterocycles. The van der Waals surface area contributed by atoms with Crippen LogP contribution in [-0.2, 0) is 5.41 Å². The molecular formula is C17H32N4. The Balaban J connectivity index is 3.22. The highest BCUT2D eigenvalue weighted by atomic mass is 15.2. The lowest BCUT2D eigenvalue weighted by Gasteiger charge is -2.31. The van der Waals surface area contributed by atoms with Crippen LogP contribution in [0.5, 0.6) is 0 Å². The lowest BCUT2D eigenvalue weighted by molar-refractivity contribution is 0.537. The fraction of sp³-hybridized carbons (Fsp3) is 0.765. The highest BCUT2D eigenvalue weighted by Crippen LogP contribution is 2.25. The zero-order chi connectivity index (χ0) is 16.0. The summed E-state index contributed by atoms with van der Waals surface area (Å²) in [5.41, 5.74) is -0.0481. The number of rotatable bonds is 7. The fourth-order valence-corrected chi connectivity index (χ4v) is 2.15. The first-order chi connectivity index (χ1) is 9.83. The van der Waals surface area contributed by atoms with Crippen molar-refractivity contribution >= 4 is 11.6 Å². The summed E-state index contributed by atoms with van der Waals surface area (Å²) in [4.78, 5) is 11.9. The number of unbranched alkanes of at least 4 members (excludes halogenated alkanes) is 1. The maximum Gasteiger partial charge on any atom is 0.138 e. The van der Waals surface area contributed by atoms with Gasteiger partial charge in [-0.25, -0.2) is 9.97 Å². The van der Waals surface area contributed by atoms with E-state index in [1.54, 1.807) is 0 Å². The quantitative estimate of drug-likeness (QED) is 0.817. The Bertz CT molecular complexity index is 437. The maximum absolute atomic E-state index is 4.85. The van der Waals surface area contributed by atoms with Gasteiger partial charge in [-0.3, -0.25) is 0 Å². The van der Waals surface area contributed by atoms with Crippen molar-refractivity contribution in [3.63, 3.8) is 0 Å². The Hall–Kier alpha value is -1.32. The monoisotopic (exact) mass is 292 g/mol. The van der Waals surface area contributed by atoms with E-state index in [4.69, 9.17) is 4.98 Å². The van der Waals surface area contributed by atoms with Crippen LogP contribution in [0.15, 0.2) is 6.07 Å². The minimum atomic E-state index is -0.0481. The molecule has 1 unspecified atom stereocenters. The van der Waals surface area contributed by atoms with Gasteiger partial charge in [0.25, 0.3) is 0 Å². The van der Waals surface area contributed by atoms with Crippen LogP contribution >= 0.6 is 0 Å². The van der Waals surface area contributed by atoms with Gasteiger partial charge in [0, 0.05) is 31.1 Å². The van der Waals surface area contributed by atoms with Crippen LogP contribution in [-0.4, -0.2) is 29.6 Å².